The van der Waals surface area contributed by atoms with Crippen LogP contribution in [0, 0.1) is 10.1 Å². The van der Waals surface area contributed by atoms with E-state index in [-0.39, 0.29) is 17.9 Å². The molecule has 0 amide bonds. The number of carbonyl (C=O) groups is 1. The van der Waals surface area contributed by atoms with Crippen LogP contribution in [0.2, 0.25) is 0 Å². The SMILES string of the molecule is O=C(O)CCCCCCCCCCCC[N+](=O)[O-]. The molecule has 0 saturated carbocycles. The van der Waals surface area contributed by atoms with Gasteiger partial charge in [0.15, 0.2) is 0 Å². The number of nitrogens with zero attached hydrogens (tertiary/aromatic N) is 1. The molecule has 0 aliphatic carbocycles. The van der Waals surface area contributed by atoms with E-state index in [4.69, 9.17) is 5.11 Å². The Balaban J connectivity index is 2.99. The fourth-order valence-corrected chi connectivity index (χ4v) is 1.93. The Morgan fingerprint density at radius 3 is 1.61 bits per heavy atom. The molecule has 0 aromatic heterocycles. The van der Waals surface area contributed by atoms with Crippen LogP contribution >= 0.6 is 0 Å². The fourth-order valence-electron chi connectivity index (χ4n) is 1.93. The lowest BCUT2D eigenvalue weighted by Gasteiger charge is -2.01. The largest absolute Gasteiger partial charge is 0.481 e. The molecule has 0 aromatic rings. The Labute approximate surface area is 109 Å². The summed E-state index contributed by atoms with van der Waals surface area (Å²) in [6.45, 7) is 0.101. The third kappa shape index (κ3) is 14.9. The Morgan fingerprint density at radius 1 is 0.833 bits per heavy atom. The smallest absolute Gasteiger partial charge is 0.303 e. The zero-order valence-electron chi connectivity index (χ0n) is 11.1. The predicted octanol–water partition coefficient (Wildman–Crippen LogP) is 3.64. The van der Waals surface area contributed by atoms with Gasteiger partial charge in [-0.05, 0) is 12.8 Å². The molecular formula is C13H25NO4. The molecule has 0 saturated heterocycles. The van der Waals surface area contributed by atoms with Gasteiger partial charge in [0.05, 0.1) is 0 Å². The topological polar surface area (TPSA) is 80.4 Å². The maximum atomic E-state index is 10.3. The van der Waals surface area contributed by atoms with Crippen molar-refractivity contribution in [1.29, 1.82) is 0 Å². The number of carboxylic acids is 1. The monoisotopic (exact) mass is 259 g/mol. The second-order valence-corrected chi connectivity index (χ2v) is 4.74. The van der Waals surface area contributed by atoms with Gasteiger partial charge in [0.1, 0.15) is 0 Å². The molecule has 18 heavy (non-hydrogen) atoms. The van der Waals surface area contributed by atoms with Gasteiger partial charge in [0.2, 0.25) is 6.54 Å². The molecule has 106 valence electrons. The summed E-state index contributed by atoms with van der Waals surface area (Å²) in [4.78, 5) is 20.1. The zero-order chi connectivity index (χ0) is 13.6. The number of hydrogen-bond acceptors (Lipinski definition) is 3. The lowest BCUT2D eigenvalue weighted by Crippen LogP contribution is -1.99. The normalized spacial score (nSPS) is 10.4. The van der Waals surface area contributed by atoms with E-state index in [0.717, 1.165) is 38.5 Å². The number of rotatable bonds is 13. The highest BCUT2D eigenvalue weighted by atomic mass is 16.6. The van der Waals surface area contributed by atoms with Crippen LogP contribution in [0.4, 0.5) is 0 Å². The summed E-state index contributed by atoms with van der Waals surface area (Å²) in [7, 11) is 0. The molecule has 1 N–H and O–H groups in total. The van der Waals surface area contributed by atoms with Gasteiger partial charge in [-0.1, -0.05) is 44.9 Å². The Bertz CT molecular complexity index is 207. The quantitative estimate of drug-likeness (QED) is 0.311. The summed E-state index contributed by atoms with van der Waals surface area (Å²) in [5.41, 5.74) is 0. The van der Waals surface area contributed by atoms with Gasteiger partial charge in [-0.15, -0.1) is 0 Å². The first kappa shape index (κ1) is 16.9. The molecule has 0 atom stereocenters. The van der Waals surface area contributed by atoms with E-state index in [2.05, 4.69) is 0 Å². The molecule has 5 heteroatoms. The summed E-state index contributed by atoms with van der Waals surface area (Å²) in [6, 6.07) is 0. The van der Waals surface area contributed by atoms with Crippen LogP contribution in [0.3, 0.4) is 0 Å². The predicted molar refractivity (Wildman–Crippen MR) is 70.3 cm³/mol. The van der Waals surface area contributed by atoms with Gasteiger partial charge in [-0.3, -0.25) is 14.9 Å². The summed E-state index contributed by atoms with van der Waals surface area (Å²) >= 11 is 0. The average Bonchev–Trinajstić information content (AvgIpc) is 2.29. The van der Waals surface area contributed by atoms with E-state index in [0.29, 0.717) is 6.42 Å². The van der Waals surface area contributed by atoms with Crippen molar-refractivity contribution in [1.82, 2.24) is 0 Å². The summed E-state index contributed by atoms with van der Waals surface area (Å²) < 4.78 is 0. The zero-order valence-corrected chi connectivity index (χ0v) is 11.1. The Hall–Kier alpha value is -1.13. The molecule has 0 unspecified atom stereocenters. The maximum absolute atomic E-state index is 10.3. The summed E-state index contributed by atoms with van der Waals surface area (Å²) in [6.07, 6.45) is 10.7. The average molecular weight is 259 g/mol. The molecule has 0 aliphatic rings. The van der Waals surface area contributed by atoms with E-state index in [1.54, 1.807) is 0 Å². The lowest BCUT2D eigenvalue weighted by atomic mass is 10.1. The van der Waals surface area contributed by atoms with Gasteiger partial charge in [0, 0.05) is 17.8 Å². The number of unbranched alkanes of at least 4 members (excludes halogenated alkanes) is 9. The minimum Gasteiger partial charge on any atom is -0.481 e. The van der Waals surface area contributed by atoms with E-state index in [9.17, 15) is 14.9 Å². The van der Waals surface area contributed by atoms with Crippen molar-refractivity contribution < 1.29 is 14.8 Å². The standard InChI is InChI=1S/C13H25NO4/c15-13(16)11-9-7-5-3-1-2-4-6-8-10-12-14(17)18/h1-12H2,(H,15,16). The van der Waals surface area contributed by atoms with Crippen molar-refractivity contribution in [3.63, 3.8) is 0 Å². The number of nitro groups is 1. The second-order valence-electron chi connectivity index (χ2n) is 4.74. The first-order chi connectivity index (χ1) is 8.63. The number of aliphatic carboxylic acids is 1. The fraction of sp³-hybridized carbons (Fsp3) is 0.923. The van der Waals surface area contributed by atoms with E-state index in [1.165, 1.54) is 19.3 Å². The second kappa shape index (κ2) is 12.3. The van der Waals surface area contributed by atoms with Gasteiger partial charge in [-0.25, -0.2) is 0 Å². The van der Waals surface area contributed by atoms with Gasteiger partial charge in [-0.2, -0.15) is 0 Å². The number of hydrogen-bond donors (Lipinski definition) is 1. The van der Waals surface area contributed by atoms with Crippen molar-refractivity contribution in [3.05, 3.63) is 10.1 Å². The van der Waals surface area contributed by atoms with E-state index < -0.39 is 5.97 Å². The molecule has 0 bridgehead atoms. The van der Waals surface area contributed by atoms with Crippen molar-refractivity contribution in [2.24, 2.45) is 0 Å². The minimum atomic E-state index is -0.704. The highest BCUT2D eigenvalue weighted by Crippen LogP contribution is 2.11. The van der Waals surface area contributed by atoms with Crippen molar-refractivity contribution in [2.45, 2.75) is 70.6 Å². The van der Waals surface area contributed by atoms with E-state index in [1.807, 2.05) is 0 Å². The van der Waals surface area contributed by atoms with Crippen molar-refractivity contribution >= 4 is 5.97 Å². The maximum Gasteiger partial charge on any atom is 0.303 e. The van der Waals surface area contributed by atoms with Crippen molar-refractivity contribution in [2.75, 3.05) is 6.54 Å². The van der Waals surface area contributed by atoms with Crippen LogP contribution < -0.4 is 0 Å². The van der Waals surface area contributed by atoms with Gasteiger partial charge in [0.25, 0.3) is 0 Å². The van der Waals surface area contributed by atoms with Crippen LogP contribution in [-0.4, -0.2) is 22.5 Å². The van der Waals surface area contributed by atoms with Crippen LogP contribution in [0.25, 0.3) is 0 Å². The third-order valence-corrected chi connectivity index (χ3v) is 2.98. The van der Waals surface area contributed by atoms with Crippen LogP contribution in [-0.2, 0) is 4.79 Å². The van der Waals surface area contributed by atoms with Crippen LogP contribution in [0.15, 0.2) is 0 Å². The van der Waals surface area contributed by atoms with E-state index >= 15 is 0 Å². The third-order valence-electron chi connectivity index (χ3n) is 2.98. The molecular weight excluding hydrogens is 234 g/mol. The summed E-state index contributed by atoms with van der Waals surface area (Å²) in [5.74, 6) is -0.704. The molecule has 0 fully saturated rings. The van der Waals surface area contributed by atoms with Crippen LogP contribution in [0.5, 0.6) is 0 Å². The first-order valence-corrected chi connectivity index (χ1v) is 6.96. The lowest BCUT2D eigenvalue weighted by molar-refractivity contribution is -0.480. The highest BCUT2D eigenvalue weighted by molar-refractivity contribution is 5.66. The van der Waals surface area contributed by atoms with Crippen LogP contribution in [0.1, 0.15) is 70.6 Å². The molecule has 5 nitrogen and oxygen atoms in total. The van der Waals surface area contributed by atoms with Gasteiger partial charge < -0.3 is 5.11 Å². The molecule has 0 rings (SSSR count). The first-order valence-electron chi connectivity index (χ1n) is 6.96. The highest BCUT2D eigenvalue weighted by Gasteiger charge is 1.98. The molecule has 0 radical (unpaired) electrons. The van der Waals surface area contributed by atoms with Crippen molar-refractivity contribution in [3.8, 4) is 0 Å². The Morgan fingerprint density at radius 2 is 1.22 bits per heavy atom. The summed E-state index contributed by atoms with van der Waals surface area (Å²) in [5, 5.41) is 18.5. The molecule has 0 aliphatic heterocycles. The molecule has 0 spiro atoms. The Kier molecular flexibility index (Phi) is 11.6. The van der Waals surface area contributed by atoms with Gasteiger partial charge >= 0.3 is 5.97 Å². The minimum absolute atomic E-state index is 0.101. The molecule has 0 aromatic carbocycles. The molecule has 0 heterocycles. The number of carboxylic acid groups (broad SMARTS) is 1.